The second kappa shape index (κ2) is 10.7. The number of hydrogen-bond donors (Lipinski definition) is 2. The quantitative estimate of drug-likeness (QED) is 0.599. The van der Waals surface area contributed by atoms with E-state index in [0.717, 1.165) is 32.4 Å². The summed E-state index contributed by atoms with van der Waals surface area (Å²) in [4.78, 5) is 43.1. The van der Waals surface area contributed by atoms with Gasteiger partial charge in [-0.3, -0.25) is 14.4 Å². The molecule has 2 N–H and O–H groups in total. The van der Waals surface area contributed by atoms with Crippen LogP contribution in [0.3, 0.4) is 0 Å². The number of carbonyl (C=O) groups excluding carboxylic acids is 3. The fourth-order valence-electron chi connectivity index (χ4n) is 4.37. The first-order valence-corrected chi connectivity index (χ1v) is 11.6. The molecule has 0 spiro atoms. The van der Waals surface area contributed by atoms with E-state index >= 15 is 0 Å². The standard InChI is InChI=1S/C25H34N4O5/c1-16(2)24(32)29-10-8-17(9-11-29)13-25(3,4)28-23(31)22(30)27-18-6-7-19(20(12-18)33-5)21-14-26-15-34-21/h6-7,12,14-17H,8-11,13H2,1-5H3,(H,27,30)(H,28,31). The van der Waals surface area contributed by atoms with Crippen molar-refractivity contribution in [2.75, 3.05) is 25.5 Å². The number of likely N-dealkylation sites (tertiary alicyclic amines) is 1. The summed E-state index contributed by atoms with van der Waals surface area (Å²) in [6.45, 7) is 9.13. The minimum atomic E-state index is -0.750. The number of anilines is 1. The van der Waals surface area contributed by atoms with E-state index in [-0.39, 0.29) is 11.8 Å². The van der Waals surface area contributed by atoms with Crippen molar-refractivity contribution in [2.45, 2.75) is 52.5 Å². The Hall–Kier alpha value is -3.36. The summed E-state index contributed by atoms with van der Waals surface area (Å²) in [5.41, 5.74) is 0.557. The van der Waals surface area contributed by atoms with E-state index in [1.165, 1.54) is 13.5 Å². The molecule has 0 radical (unpaired) electrons. The van der Waals surface area contributed by atoms with Gasteiger partial charge < -0.3 is 24.7 Å². The molecule has 0 aliphatic carbocycles. The molecule has 9 nitrogen and oxygen atoms in total. The Morgan fingerprint density at radius 1 is 1.21 bits per heavy atom. The normalized spacial score (nSPS) is 14.7. The van der Waals surface area contributed by atoms with Crippen LogP contribution in [0.5, 0.6) is 5.75 Å². The van der Waals surface area contributed by atoms with Crippen molar-refractivity contribution >= 4 is 23.4 Å². The van der Waals surface area contributed by atoms with Crippen LogP contribution in [0.15, 0.2) is 35.2 Å². The second-order valence-corrected chi connectivity index (χ2v) is 9.70. The van der Waals surface area contributed by atoms with E-state index in [4.69, 9.17) is 9.15 Å². The predicted octanol–water partition coefficient (Wildman–Crippen LogP) is 3.47. The smallest absolute Gasteiger partial charge is 0.313 e. The highest BCUT2D eigenvalue weighted by Gasteiger charge is 2.31. The van der Waals surface area contributed by atoms with Gasteiger partial charge in [-0.25, -0.2) is 4.98 Å². The predicted molar refractivity (Wildman–Crippen MR) is 128 cm³/mol. The Kier molecular flexibility index (Phi) is 7.96. The Bertz CT molecular complexity index is 1010. The lowest BCUT2D eigenvalue weighted by Gasteiger charge is -2.37. The molecule has 1 aromatic carbocycles. The van der Waals surface area contributed by atoms with Crippen molar-refractivity contribution in [3.8, 4) is 17.1 Å². The number of nitrogens with zero attached hydrogens (tertiary/aromatic N) is 2. The number of oxazole rings is 1. The topological polar surface area (TPSA) is 114 Å². The molecule has 0 saturated carbocycles. The van der Waals surface area contributed by atoms with Gasteiger partial charge in [-0.05, 0) is 51.2 Å². The molecule has 1 aliphatic rings. The Labute approximate surface area is 200 Å². The van der Waals surface area contributed by atoms with E-state index in [0.29, 0.717) is 28.7 Å². The van der Waals surface area contributed by atoms with Crippen LogP contribution in [-0.4, -0.2) is 53.3 Å². The zero-order chi connectivity index (χ0) is 24.9. The number of hydrogen-bond acceptors (Lipinski definition) is 6. The third kappa shape index (κ3) is 6.36. The SMILES string of the molecule is COc1cc(NC(=O)C(=O)NC(C)(C)CC2CCN(C(=O)C(C)C)CC2)ccc1-c1cnco1. The Balaban J connectivity index is 1.54. The third-order valence-corrected chi connectivity index (χ3v) is 6.03. The Morgan fingerprint density at radius 3 is 2.50 bits per heavy atom. The summed E-state index contributed by atoms with van der Waals surface area (Å²) in [6.07, 6.45) is 5.40. The van der Waals surface area contributed by atoms with Gasteiger partial charge in [0.15, 0.2) is 12.2 Å². The van der Waals surface area contributed by atoms with Gasteiger partial charge in [0.2, 0.25) is 5.91 Å². The van der Waals surface area contributed by atoms with Crippen molar-refractivity contribution in [3.05, 3.63) is 30.8 Å². The fourth-order valence-corrected chi connectivity index (χ4v) is 4.37. The molecule has 2 heterocycles. The van der Waals surface area contributed by atoms with Crippen LogP contribution in [0.25, 0.3) is 11.3 Å². The highest BCUT2D eigenvalue weighted by molar-refractivity contribution is 6.39. The number of nitrogens with one attached hydrogen (secondary N) is 2. The molecular formula is C25H34N4O5. The molecular weight excluding hydrogens is 436 g/mol. The maximum atomic E-state index is 12.6. The number of amides is 3. The zero-order valence-electron chi connectivity index (χ0n) is 20.5. The minimum Gasteiger partial charge on any atom is -0.496 e. The van der Waals surface area contributed by atoms with Gasteiger partial charge in [0.1, 0.15) is 5.75 Å². The van der Waals surface area contributed by atoms with Crippen LogP contribution in [0.4, 0.5) is 5.69 Å². The molecule has 1 saturated heterocycles. The molecule has 9 heteroatoms. The highest BCUT2D eigenvalue weighted by atomic mass is 16.5. The molecule has 1 aliphatic heterocycles. The molecule has 34 heavy (non-hydrogen) atoms. The van der Waals surface area contributed by atoms with Gasteiger partial charge in [0, 0.05) is 36.3 Å². The molecule has 0 atom stereocenters. The fraction of sp³-hybridized carbons (Fsp3) is 0.520. The summed E-state index contributed by atoms with van der Waals surface area (Å²) in [5, 5.41) is 5.47. The lowest BCUT2D eigenvalue weighted by atomic mass is 9.84. The zero-order valence-corrected chi connectivity index (χ0v) is 20.5. The van der Waals surface area contributed by atoms with E-state index in [2.05, 4.69) is 15.6 Å². The van der Waals surface area contributed by atoms with Crippen molar-refractivity contribution in [3.63, 3.8) is 0 Å². The van der Waals surface area contributed by atoms with E-state index in [1.54, 1.807) is 24.4 Å². The number of aromatic nitrogens is 1. The van der Waals surface area contributed by atoms with Gasteiger partial charge in [-0.2, -0.15) is 0 Å². The minimum absolute atomic E-state index is 0.00381. The molecule has 3 amide bonds. The number of carbonyl (C=O) groups is 3. The van der Waals surface area contributed by atoms with Crippen LogP contribution in [0.2, 0.25) is 0 Å². The van der Waals surface area contributed by atoms with Gasteiger partial charge in [-0.1, -0.05) is 13.8 Å². The molecule has 1 fully saturated rings. The molecule has 0 unspecified atom stereocenters. The average Bonchev–Trinajstić information content (AvgIpc) is 3.33. The monoisotopic (exact) mass is 470 g/mol. The average molecular weight is 471 g/mol. The summed E-state index contributed by atoms with van der Waals surface area (Å²) in [5.74, 6) is 0.140. The maximum Gasteiger partial charge on any atom is 0.313 e. The second-order valence-electron chi connectivity index (χ2n) is 9.70. The summed E-state index contributed by atoms with van der Waals surface area (Å²) in [6, 6.07) is 5.02. The van der Waals surface area contributed by atoms with Gasteiger partial charge in [-0.15, -0.1) is 0 Å². The summed E-state index contributed by atoms with van der Waals surface area (Å²) >= 11 is 0. The number of benzene rings is 1. The van der Waals surface area contributed by atoms with Gasteiger partial charge >= 0.3 is 11.8 Å². The third-order valence-electron chi connectivity index (χ3n) is 6.03. The van der Waals surface area contributed by atoms with Crippen molar-refractivity contribution < 1.29 is 23.5 Å². The van der Waals surface area contributed by atoms with E-state index in [1.807, 2.05) is 32.6 Å². The first-order valence-electron chi connectivity index (χ1n) is 11.6. The van der Waals surface area contributed by atoms with Crippen LogP contribution in [-0.2, 0) is 14.4 Å². The maximum absolute atomic E-state index is 12.6. The van der Waals surface area contributed by atoms with Crippen molar-refractivity contribution in [2.24, 2.45) is 11.8 Å². The van der Waals surface area contributed by atoms with Crippen LogP contribution < -0.4 is 15.4 Å². The lowest BCUT2D eigenvalue weighted by molar-refractivity contribution is -0.137. The van der Waals surface area contributed by atoms with Crippen molar-refractivity contribution in [1.82, 2.24) is 15.2 Å². The van der Waals surface area contributed by atoms with E-state index < -0.39 is 17.4 Å². The van der Waals surface area contributed by atoms with Gasteiger partial charge in [0.25, 0.3) is 0 Å². The molecule has 2 aromatic rings. The highest BCUT2D eigenvalue weighted by Crippen LogP contribution is 2.32. The Morgan fingerprint density at radius 2 is 1.91 bits per heavy atom. The summed E-state index contributed by atoms with van der Waals surface area (Å²) in [7, 11) is 1.51. The number of rotatable bonds is 7. The molecule has 1 aromatic heterocycles. The summed E-state index contributed by atoms with van der Waals surface area (Å²) < 4.78 is 10.7. The largest absolute Gasteiger partial charge is 0.496 e. The van der Waals surface area contributed by atoms with Crippen LogP contribution in [0, 0.1) is 11.8 Å². The van der Waals surface area contributed by atoms with Crippen LogP contribution in [0.1, 0.15) is 47.0 Å². The van der Waals surface area contributed by atoms with E-state index in [9.17, 15) is 14.4 Å². The number of piperidine rings is 1. The van der Waals surface area contributed by atoms with Crippen LogP contribution >= 0.6 is 0 Å². The first kappa shape index (κ1) is 25.3. The molecule has 3 rings (SSSR count). The first-order chi connectivity index (χ1) is 16.1. The number of methoxy groups -OCH3 is 1. The molecule has 0 bridgehead atoms. The van der Waals surface area contributed by atoms with Gasteiger partial charge in [0.05, 0.1) is 18.9 Å². The lowest BCUT2D eigenvalue weighted by Crippen LogP contribution is -2.50. The molecule has 184 valence electrons. The number of ether oxygens (including phenoxy) is 1. The van der Waals surface area contributed by atoms with Crippen molar-refractivity contribution in [1.29, 1.82) is 0 Å².